The molecular weight excluding hydrogens is 901 g/mol. The maximum absolute atomic E-state index is 12.9. The molecule has 0 fully saturated rings. The monoisotopic (exact) mass is 1000 g/mol. The van der Waals surface area contributed by atoms with Gasteiger partial charge in [0.25, 0.3) is 0 Å². The smallest absolute Gasteiger partial charge is 0.306 e. The average molecular weight is 1000 g/mol. The number of hydrogen-bond acceptors (Lipinski definition) is 6. The fraction of sp³-hybridized carbons (Fsp3) is 0.537. The summed E-state index contributed by atoms with van der Waals surface area (Å²) >= 11 is 0. The number of carbonyl (C=O) groups excluding carboxylic acids is 3. The highest BCUT2D eigenvalue weighted by Gasteiger charge is 2.19. The molecule has 0 aromatic heterocycles. The molecule has 0 spiro atoms. The van der Waals surface area contributed by atoms with E-state index in [1.165, 1.54) is 12.8 Å². The number of ether oxygens (including phenoxy) is 3. The number of hydrogen-bond donors (Lipinski definition) is 0. The quantitative estimate of drug-likeness (QED) is 0.0261. The minimum Gasteiger partial charge on any atom is -0.462 e. The molecule has 0 saturated carbocycles. The second-order valence-corrected chi connectivity index (χ2v) is 18.0. The lowest BCUT2D eigenvalue weighted by atomic mass is 10.1. The summed E-state index contributed by atoms with van der Waals surface area (Å²) in [6, 6.07) is 0. The molecule has 1 atom stereocenters. The SMILES string of the molecule is CC/C=C\C/C=C\C/C=C\C/C=C\C/C=C\C/C=C\C/C=C\CCCC(=O)OCC(COC(=O)CCCCC/C=C\C/C=C\C/C=C\CC)OC(=O)CCCCCCCC/C=C\C/C=C\C/C=C\C/C=C\CC. The van der Waals surface area contributed by atoms with Gasteiger partial charge in [0.15, 0.2) is 6.10 Å². The third-order valence-electron chi connectivity index (χ3n) is 11.2. The first-order valence-electron chi connectivity index (χ1n) is 28.6. The molecule has 0 bridgehead atoms. The van der Waals surface area contributed by atoms with Crippen LogP contribution < -0.4 is 0 Å². The van der Waals surface area contributed by atoms with Gasteiger partial charge in [0.2, 0.25) is 0 Å². The largest absolute Gasteiger partial charge is 0.462 e. The Morgan fingerprint density at radius 1 is 0.274 bits per heavy atom. The summed E-state index contributed by atoms with van der Waals surface area (Å²) in [6.45, 7) is 6.19. The second-order valence-electron chi connectivity index (χ2n) is 18.0. The van der Waals surface area contributed by atoms with Crippen LogP contribution >= 0.6 is 0 Å². The van der Waals surface area contributed by atoms with Crippen LogP contribution in [-0.4, -0.2) is 37.2 Å². The van der Waals surface area contributed by atoms with E-state index < -0.39 is 6.10 Å². The number of unbranched alkanes of at least 4 members (excludes halogenated alkanes) is 10. The van der Waals surface area contributed by atoms with Gasteiger partial charge in [-0.15, -0.1) is 0 Å². The van der Waals surface area contributed by atoms with Gasteiger partial charge in [-0.1, -0.05) is 223 Å². The fourth-order valence-corrected chi connectivity index (χ4v) is 7.02. The molecule has 0 N–H and O–H groups in total. The van der Waals surface area contributed by atoms with Gasteiger partial charge in [-0.25, -0.2) is 0 Å². The van der Waals surface area contributed by atoms with E-state index in [0.29, 0.717) is 12.8 Å². The molecule has 406 valence electrons. The van der Waals surface area contributed by atoms with Crippen molar-refractivity contribution in [3.05, 3.63) is 170 Å². The topological polar surface area (TPSA) is 78.9 Å². The zero-order chi connectivity index (χ0) is 52.9. The van der Waals surface area contributed by atoms with Crippen LogP contribution in [0.1, 0.15) is 213 Å². The first kappa shape index (κ1) is 67.8. The van der Waals surface area contributed by atoms with E-state index in [-0.39, 0.29) is 44.0 Å². The Morgan fingerprint density at radius 3 is 0.836 bits per heavy atom. The Labute approximate surface area is 447 Å². The van der Waals surface area contributed by atoms with E-state index in [0.717, 1.165) is 154 Å². The highest BCUT2D eigenvalue weighted by Crippen LogP contribution is 2.12. The summed E-state index contributed by atoms with van der Waals surface area (Å²) in [5.74, 6) is -1.04. The molecule has 0 heterocycles. The summed E-state index contributed by atoms with van der Waals surface area (Å²) in [7, 11) is 0. The molecule has 6 heteroatoms. The average Bonchev–Trinajstić information content (AvgIpc) is 3.39. The van der Waals surface area contributed by atoms with E-state index in [9.17, 15) is 14.4 Å². The molecule has 0 aliphatic carbocycles. The van der Waals surface area contributed by atoms with Crippen molar-refractivity contribution in [1.82, 2.24) is 0 Å². The van der Waals surface area contributed by atoms with Crippen molar-refractivity contribution in [1.29, 1.82) is 0 Å². The van der Waals surface area contributed by atoms with Crippen molar-refractivity contribution < 1.29 is 28.6 Å². The molecule has 0 aromatic rings. The molecular formula is C67H102O6. The molecule has 0 aliphatic rings. The number of carbonyl (C=O) groups is 3. The summed E-state index contributed by atoms with van der Waals surface area (Å²) in [4.78, 5) is 38.1. The summed E-state index contributed by atoms with van der Waals surface area (Å²) < 4.78 is 16.8. The van der Waals surface area contributed by atoms with E-state index in [4.69, 9.17) is 14.2 Å². The Balaban J connectivity index is 4.56. The van der Waals surface area contributed by atoms with Crippen LogP contribution in [0, 0.1) is 0 Å². The van der Waals surface area contributed by atoms with Crippen LogP contribution in [0.4, 0.5) is 0 Å². The van der Waals surface area contributed by atoms with Crippen LogP contribution in [0.2, 0.25) is 0 Å². The van der Waals surface area contributed by atoms with Crippen LogP contribution in [0.5, 0.6) is 0 Å². The van der Waals surface area contributed by atoms with Crippen molar-refractivity contribution in [3.8, 4) is 0 Å². The third-order valence-corrected chi connectivity index (χ3v) is 11.2. The van der Waals surface area contributed by atoms with Crippen molar-refractivity contribution >= 4 is 17.9 Å². The van der Waals surface area contributed by atoms with E-state index >= 15 is 0 Å². The molecule has 0 saturated heterocycles. The Kier molecular flexibility index (Phi) is 55.1. The molecule has 0 radical (unpaired) electrons. The molecule has 0 aliphatic heterocycles. The summed E-state index contributed by atoms with van der Waals surface area (Å²) in [6.07, 6.45) is 87.8. The minimum absolute atomic E-state index is 0.126. The lowest BCUT2D eigenvalue weighted by molar-refractivity contribution is -0.167. The lowest BCUT2D eigenvalue weighted by Gasteiger charge is -2.18. The van der Waals surface area contributed by atoms with Crippen molar-refractivity contribution in [3.63, 3.8) is 0 Å². The summed E-state index contributed by atoms with van der Waals surface area (Å²) in [5, 5.41) is 0. The maximum Gasteiger partial charge on any atom is 0.306 e. The van der Waals surface area contributed by atoms with Gasteiger partial charge >= 0.3 is 17.9 Å². The zero-order valence-corrected chi connectivity index (χ0v) is 46.3. The third kappa shape index (κ3) is 57.5. The fourth-order valence-electron chi connectivity index (χ4n) is 7.02. The standard InChI is InChI=1S/C67H102O6/c1-4-7-10-13-16-19-22-25-27-29-31-32-33-34-36-37-39-42-45-48-51-54-57-60-66(69)72-63-64(62-71-65(68)59-56-53-50-47-44-41-24-21-18-15-12-9-6-3)73-67(70)61-58-55-52-49-46-43-40-38-35-30-28-26-23-20-17-14-11-8-5-2/h7-12,16-21,25-28,31-32,34-36,38-39,41-42,44,48,51,64H,4-6,13-15,22-24,29-30,33,37,40,43,45-47,49-50,52-63H2,1-3H3/b10-7-,11-8-,12-9-,19-16-,20-17-,21-18-,27-25-,28-26-,32-31-,36-34-,38-35-,42-39-,44-41-,51-48-. The number of allylic oxidation sites excluding steroid dienone is 28. The predicted octanol–water partition coefficient (Wildman–Crippen LogP) is 19.5. The van der Waals surface area contributed by atoms with Gasteiger partial charge in [0.1, 0.15) is 13.2 Å². The van der Waals surface area contributed by atoms with Gasteiger partial charge in [-0.05, 0) is 141 Å². The normalized spacial score (nSPS) is 13.4. The van der Waals surface area contributed by atoms with Gasteiger partial charge in [0, 0.05) is 19.3 Å². The molecule has 6 nitrogen and oxygen atoms in total. The number of esters is 3. The Bertz CT molecular complexity index is 1720. The first-order chi connectivity index (χ1) is 36.0. The van der Waals surface area contributed by atoms with Crippen molar-refractivity contribution in [2.45, 2.75) is 219 Å². The van der Waals surface area contributed by atoms with Gasteiger partial charge in [-0.2, -0.15) is 0 Å². The highest BCUT2D eigenvalue weighted by atomic mass is 16.6. The second kappa shape index (κ2) is 59.3. The van der Waals surface area contributed by atoms with E-state index in [2.05, 4.69) is 191 Å². The molecule has 0 rings (SSSR count). The van der Waals surface area contributed by atoms with Crippen molar-refractivity contribution in [2.75, 3.05) is 13.2 Å². The van der Waals surface area contributed by atoms with Crippen LogP contribution in [0.15, 0.2) is 170 Å². The highest BCUT2D eigenvalue weighted by molar-refractivity contribution is 5.71. The minimum atomic E-state index is -0.832. The summed E-state index contributed by atoms with van der Waals surface area (Å²) in [5.41, 5.74) is 0. The van der Waals surface area contributed by atoms with Crippen LogP contribution in [0.25, 0.3) is 0 Å². The molecule has 1 unspecified atom stereocenters. The first-order valence-corrected chi connectivity index (χ1v) is 28.6. The van der Waals surface area contributed by atoms with Crippen LogP contribution in [0.3, 0.4) is 0 Å². The number of rotatable bonds is 49. The van der Waals surface area contributed by atoms with E-state index in [1.54, 1.807) is 0 Å². The van der Waals surface area contributed by atoms with Gasteiger partial charge in [0.05, 0.1) is 0 Å². The van der Waals surface area contributed by atoms with Gasteiger partial charge < -0.3 is 14.2 Å². The molecule has 73 heavy (non-hydrogen) atoms. The zero-order valence-electron chi connectivity index (χ0n) is 46.3. The Hall–Kier alpha value is -5.23. The molecule has 0 amide bonds. The molecule has 0 aromatic carbocycles. The van der Waals surface area contributed by atoms with E-state index in [1.807, 2.05) is 0 Å². The van der Waals surface area contributed by atoms with Crippen molar-refractivity contribution in [2.24, 2.45) is 0 Å². The van der Waals surface area contributed by atoms with Crippen LogP contribution in [-0.2, 0) is 28.6 Å². The predicted molar refractivity (Wildman–Crippen MR) is 315 cm³/mol. The Morgan fingerprint density at radius 2 is 0.507 bits per heavy atom. The maximum atomic E-state index is 12.9. The van der Waals surface area contributed by atoms with Gasteiger partial charge in [-0.3, -0.25) is 14.4 Å². The lowest BCUT2D eigenvalue weighted by Crippen LogP contribution is -2.30.